The first-order chi connectivity index (χ1) is 20.1. The van der Waals surface area contributed by atoms with E-state index in [9.17, 15) is 29.8 Å². The van der Waals surface area contributed by atoms with Crippen molar-refractivity contribution in [1.29, 1.82) is 0 Å². The zero-order chi connectivity index (χ0) is 30.1. The number of carbonyl (C=O) groups is 1. The molecule has 0 saturated heterocycles. The number of ether oxygens (including phenoxy) is 2. The van der Waals surface area contributed by atoms with Crippen LogP contribution in [0.15, 0.2) is 70.9 Å². The Morgan fingerprint density at radius 1 is 1.07 bits per heavy atom. The van der Waals surface area contributed by atoms with E-state index in [-0.39, 0.29) is 47.3 Å². The molecule has 4 aromatic rings. The van der Waals surface area contributed by atoms with Crippen LogP contribution in [0.5, 0.6) is 5.88 Å². The molecule has 0 radical (unpaired) electrons. The number of nitro benzene ring substituents is 2. The Balaban J connectivity index is 1.59. The third kappa shape index (κ3) is 5.10. The van der Waals surface area contributed by atoms with Crippen molar-refractivity contribution in [3.8, 4) is 11.6 Å². The van der Waals surface area contributed by atoms with Crippen LogP contribution in [0.3, 0.4) is 0 Å². The minimum Gasteiger partial charge on any atom is -0.463 e. The highest BCUT2D eigenvalue weighted by molar-refractivity contribution is 5.92. The molecule has 1 aliphatic rings. The molecule has 15 heteroatoms. The lowest BCUT2D eigenvalue weighted by atomic mass is 9.83. The number of carbonyl (C=O) groups excluding carboxylic acids is 1. The number of rotatable bonds is 8. The van der Waals surface area contributed by atoms with Gasteiger partial charge in [-0.2, -0.15) is 4.98 Å². The van der Waals surface area contributed by atoms with E-state index >= 15 is 0 Å². The highest BCUT2D eigenvalue weighted by atomic mass is 16.6. The van der Waals surface area contributed by atoms with Crippen molar-refractivity contribution in [2.75, 3.05) is 6.61 Å². The molecule has 1 atom stereocenters. The number of fused-ring (bicyclic) bond motifs is 1. The molecule has 1 unspecified atom stereocenters. The molecule has 15 nitrogen and oxygen atoms in total. The average molecular weight is 574 g/mol. The Kier molecular flexibility index (Phi) is 7.31. The maximum Gasteiger partial charge on any atom is 0.338 e. The summed E-state index contributed by atoms with van der Waals surface area (Å²) in [5.74, 6) is -1.20. The van der Waals surface area contributed by atoms with E-state index in [0.717, 1.165) is 0 Å². The van der Waals surface area contributed by atoms with Crippen LogP contribution >= 0.6 is 0 Å². The molecule has 0 aliphatic carbocycles. The summed E-state index contributed by atoms with van der Waals surface area (Å²) in [6.07, 6.45) is 1.53. The summed E-state index contributed by atoms with van der Waals surface area (Å²) >= 11 is 0. The normalized spacial score (nSPS) is 14.2. The topological polar surface area (TPSA) is 187 Å². The standard InChI is InChI=1S/C27H23N7O8/c1-4-41-27(36)22-15(2)42-25-24(23(22)17-8-10-19(11-9-17)33(37)38)26(35)31(16(3)28-25)13-18-14-32(30-29-18)20-6-5-7-21(12-20)34(39)40/h5-12,14,23H,4,13H2,1-3H3. The lowest BCUT2D eigenvalue weighted by Gasteiger charge is -2.28. The third-order valence-corrected chi connectivity index (χ3v) is 6.66. The molecule has 0 bridgehead atoms. The maximum atomic E-state index is 14.1. The lowest BCUT2D eigenvalue weighted by Crippen LogP contribution is -2.34. The Morgan fingerprint density at radius 3 is 2.45 bits per heavy atom. The van der Waals surface area contributed by atoms with Gasteiger partial charge in [0.05, 0.1) is 51.9 Å². The zero-order valence-electron chi connectivity index (χ0n) is 22.6. The van der Waals surface area contributed by atoms with Crippen LogP contribution in [0.2, 0.25) is 0 Å². The Morgan fingerprint density at radius 2 is 1.79 bits per heavy atom. The van der Waals surface area contributed by atoms with Crippen LogP contribution in [0.4, 0.5) is 11.4 Å². The van der Waals surface area contributed by atoms with Crippen molar-refractivity contribution >= 4 is 17.3 Å². The van der Waals surface area contributed by atoms with Crippen LogP contribution in [0, 0.1) is 27.2 Å². The number of hydrogen-bond acceptors (Lipinski definition) is 11. The van der Waals surface area contributed by atoms with Gasteiger partial charge in [0.15, 0.2) is 0 Å². The molecular weight excluding hydrogens is 550 g/mol. The van der Waals surface area contributed by atoms with E-state index < -0.39 is 27.3 Å². The van der Waals surface area contributed by atoms with Gasteiger partial charge in [-0.3, -0.25) is 29.6 Å². The summed E-state index contributed by atoms with van der Waals surface area (Å²) < 4.78 is 13.8. The minimum absolute atomic E-state index is 0.00269. The number of allylic oxidation sites excluding steroid dienone is 1. The number of hydrogen-bond donors (Lipinski definition) is 0. The number of nitrogens with zero attached hydrogens (tertiary/aromatic N) is 7. The molecule has 0 fully saturated rings. The van der Waals surface area contributed by atoms with Gasteiger partial charge < -0.3 is 9.47 Å². The smallest absolute Gasteiger partial charge is 0.338 e. The molecule has 2 aromatic heterocycles. The number of aromatic nitrogens is 5. The molecule has 0 N–H and O–H groups in total. The second kappa shape index (κ2) is 11.0. The van der Waals surface area contributed by atoms with Gasteiger partial charge in [-0.05, 0) is 32.4 Å². The summed E-state index contributed by atoms with van der Waals surface area (Å²) in [5.41, 5.74) is 0.511. The van der Waals surface area contributed by atoms with E-state index in [1.165, 1.54) is 57.9 Å². The van der Waals surface area contributed by atoms with Crippen molar-refractivity contribution < 1.29 is 24.1 Å². The van der Waals surface area contributed by atoms with E-state index in [1.54, 1.807) is 26.8 Å². The Labute approximate surface area is 236 Å². The summed E-state index contributed by atoms with van der Waals surface area (Å²) in [5, 5.41) is 30.6. The van der Waals surface area contributed by atoms with Crippen LogP contribution in [0.1, 0.15) is 42.4 Å². The zero-order valence-corrected chi connectivity index (χ0v) is 22.6. The van der Waals surface area contributed by atoms with Crippen LogP contribution < -0.4 is 10.3 Å². The van der Waals surface area contributed by atoms with E-state index in [2.05, 4.69) is 15.3 Å². The number of esters is 1. The lowest BCUT2D eigenvalue weighted by molar-refractivity contribution is -0.385. The fourth-order valence-electron chi connectivity index (χ4n) is 4.71. The van der Waals surface area contributed by atoms with Crippen molar-refractivity contribution in [2.24, 2.45) is 0 Å². The Hall–Kier alpha value is -5.73. The van der Waals surface area contributed by atoms with Gasteiger partial charge >= 0.3 is 5.97 Å². The van der Waals surface area contributed by atoms with Crippen LogP contribution in [-0.4, -0.2) is 47.0 Å². The first-order valence-electron chi connectivity index (χ1n) is 12.7. The second-order valence-electron chi connectivity index (χ2n) is 9.27. The third-order valence-electron chi connectivity index (χ3n) is 6.66. The predicted octanol–water partition coefficient (Wildman–Crippen LogP) is 3.36. The van der Waals surface area contributed by atoms with Crippen molar-refractivity contribution in [3.05, 3.63) is 119 Å². The highest BCUT2D eigenvalue weighted by Gasteiger charge is 2.38. The molecule has 1 aliphatic heterocycles. The quantitative estimate of drug-likeness (QED) is 0.171. The van der Waals surface area contributed by atoms with Gasteiger partial charge in [-0.25, -0.2) is 9.48 Å². The molecule has 0 amide bonds. The number of benzene rings is 2. The number of non-ortho nitro benzene ring substituents is 2. The number of aryl methyl sites for hydroxylation is 1. The molecular formula is C27H23N7O8. The van der Waals surface area contributed by atoms with Gasteiger partial charge in [0.1, 0.15) is 17.3 Å². The largest absolute Gasteiger partial charge is 0.463 e. The molecule has 214 valence electrons. The fraction of sp³-hybridized carbons (Fsp3) is 0.222. The molecule has 3 heterocycles. The first-order valence-corrected chi connectivity index (χ1v) is 12.7. The van der Waals surface area contributed by atoms with Crippen molar-refractivity contribution in [1.82, 2.24) is 24.5 Å². The SMILES string of the molecule is CCOC(=O)C1=C(C)Oc2nc(C)n(Cc3cn(-c4cccc([N+](=O)[O-])c4)nn3)c(=O)c2C1c1ccc([N+](=O)[O-])cc1. The molecule has 0 spiro atoms. The van der Waals surface area contributed by atoms with Crippen LogP contribution in [-0.2, 0) is 16.1 Å². The fourth-order valence-corrected chi connectivity index (χ4v) is 4.71. The van der Waals surface area contributed by atoms with Crippen LogP contribution in [0.25, 0.3) is 5.69 Å². The van der Waals surface area contributed by atoms with Gasteiger partial charge in [0.25, 0.3) is 16.9 Å². The van der Waals surface area contributed by atoms with E-state index in [4.69, 9.17) is 9.47 Å². The molecule has 42 heavy (non-hydrogen) atoms. The summed E-state index contributed by atoms with van der Waals surface area (Å²) in [7, 11) is 0. The van der Waals surface area contributed by atoms with Crippen molar-refractivity contribution in [2.45, 2.75) is 33.2 Å². The summed E-state index contributed by atoms with van der Waals surface area (Å²) in [4.78, 5) is 53.0. The predicted molar refractivity (Wildman–Crippen MR) is 145 cm³/mol. The van der Waals surface area contributed by atoms with Gasteiger partial charge in [0, 0.05) is 24.3 Å². The molecule has 5 rings (SSSR count). The minimum atomic E-state index is -0.985. The second-order valence-corrected chi connectivity index (χ2v) is 9.27. The summed E-state index contributed by atoms with van der Waals surface area (Å²) in [6, 6.07) is 11.4. The average Bonchev–Trinajstić information content (AvgIpc) is 3.43. The maximum absolute atomic E-state index is 14.1. The van der Waals surface area contributed by atoms with Gasteiger partial charge in [0.2, 0.25) is 5.88 Å². The first kappa shape index (κ1) is 27.8. The Bertz CT molecular complexity index is 1820. The summed E-state index contributed by atoms with van der Waals surface area (Å²) in [6.45, 7) is 4.82. The van der Waals surface area contributed by atoms with E-state index in [0.29, 0.717) is 22.8 Å². The van der Waals surface area contributed by atoms with Gasteiger partial charge in [-0.1, -0.05) is 23.4 Å². The highest BCUT2D eigenvalue weighted by Crippen LogP contribution is 2.41. The monoisotopic (exact) mass is 573 g/mol. The molecule has 0 saturated carbocycles. The number of nitro groups is 2. The van der Waals surface area contributed by atoms with E-state index in [1.807, 2.05) is 0 Å². The molecule has 2 aromatic carbocycles. The van der Waals surface area contributed by atoms with Crippen molar-refractivity contribution in [3.63, 3.8) is 0 Å². The van der Waals surface area contributed by atoms with Gasteiger partial charge in [-0.15, -0.1) is 5.10 Å².